The molecule has 0 radical (unpaired) electrons. The maximum atomic E-state index is 8.90. The van der Waals surface area contributed by atoms with E-state index >= 15 is 0 Å². The van der Waals surface area contributed by atoms with E-state index in [2.05, 4.69) is 20.3 Å². The van der Waals surface area contributed by atoms with Crippen LogP contribution in [0, 0.1) is 11.3 Å². The Morgan fingerprint density at radius 2 is 2.18 bits per heavy atom. The van der Waals surface area contributed by atoms with Gasteiger partial charge in [0.2, 0.25) is 5.06 Å². The van der Waals surface area contributed by atoms with Crippen molar-refractivity contribution in [2.24, 2.45) is 0 Å². The van der Waals surface area contributed by atoms with Gasteiger partial charge in [0.1, 0.15) is 17.4 Å². The summed E-state index contributed by atoms with van der Waals surface area (Å²) in [6, 6.07) is 7.03. The molecule has 7 heteroatoms. The lowest BCUT2D eigenvalue weighted by Crippen LogP contribution is -1.85. The van der Waals surface area contributed by atoms with Crippen molar-refractivity contribution in [1.82, 2.24) is 4.37 Å². The van der Waals surface area contributed by atoms with Crippen molar-refractivity contribution in [2.75, 3.05) is 0 Å². The topological polar surface area (TPSA) is 45.9 Å². The Kier molecular flexibility index (Phi) is 3.89. The largest absolute Gasteiger partial charge is 0.442 e. The van der Waals surface area contributed by atoms with Gasteiger partial charge in [0, 0.05) is 16.6 Å². The average Bonchev–Trinajstić information content (AvgIpc) is 2.63. The van der Waals surface area contributed by atoms with Crippen LogP contribution in [0.25, 0.3) is 0 Å². The minimum atomic E-state index is 0.151. The smallest absolute Gasteiger partial charge is 0.219 e. The van der Waals surface area contributed by atoms with E-state index in [1.165, 1.54) is 0 Å². The minimum absolute atomic E-state index is 0.151. The molecule has 0 amide bonds. The second kappa shape index (κ2) is 5.23. The summed E-state index contributed by atoms with van der Waals surface area (Å²) < 4.78 is 10.1. The zero-order valence-electron chi connectivity index (χ0n) is 8.08. The van der Waals surface area contributed by atoms with Crippen molar-refractivity contribution in [3.63, 3.8) is 0 Å². The third kappa shape index (κ3) is 2.72. The van der Waals surface area contributed by atoms with Crippen LogP contribution in [0.4, 0.5) is 0 Å². The lowest BCUT2D eigenvalue weighted by Gasteiger charge is -2.05. The van der Waals surface area contributed by atoms with Crippen molar-refractivity contribution in [1.29, 1.82) is 5.26 Å². The highest BCUT2D eigenvalue weighted by atomic mass is 79.9. The first-order valence-electron chi connectivity index (χ1n) is 4.30. The molecule has 0 saturated carbocycles. The maximum absolute atomic E-state index is 8.90. The molecule has 2 rings (SSSR count). The Morgan fingerprint density at radius 3 is 2.82 bits per heavy atom. The monoisotopic (exact) mass is 348 g/mol. The molecule has 0 atom stereocenters. The molecule has 3 nitrogen and oxygen atoms in total. The molecule has 0 fully saturated rings. The van der Waals surface area contributed by atoms with Gasteiger partial charge < -0.3 is 4.74 Å². The van der Waals surface area contributed by atoms with Crippen LogP contribution >= 0.6 is 50.7 Å². The van der Waals surface area contributed by atoms with Crippen LogP contribution < -0.4 is 4.74 Å². The van der Waals surface area contributed by atoms with Crippen molar-refractivity contribution in [3.8, 4) is 16.9 Å². The molecule has 86 valence electrons. The van der Waals surface area contributed by atoms with Crippen LogP contribution in [0.3, 0.4) is 0 Å². The lowest BCUT2D eigenvalue weighted by molar-refractivity contribution is 0.492. The van der Waals surface area contributed by atoms with Gasteiger partial charge in [-0.25, -0.2) is 0 Å². The Labute approximate surface area is 120 Å². The number of rotatable bonds is 2. The molecule has 0 spiro atoms. The first kappa shape index (κ1) is 12.7. The number of nitriles is 1. The van der Waals surface area contributed by atoms with Crippen LogP contribution in [0.2, 0.25) is 10.2 Å². The molecular weight excluding hydrogens is 347 g/mol. The van der Waals surface area contributed by atoms with Crippen LogP contribution in [0.15, 0.2) is 22.7 Å². The SMILES string of the molecule is N#Cc1c(Cl)nsc1Oc1ccc(Cl)cc1Br. The fourth-order valence-electron chi connectivity index (χ4n) is 1.08. The van der Waals surface area contributed by atoms with Crippen LogP contribution in [-0.4, -0.2) is 4.37 Å². The fraction of sp³-hybridized carbons (Fsp3) is 0. The summed E-state index contributed by atoms with van der Waals surface area (Å²) in [5, 5.41) is 10.0. The van der Waals surface area contributed by atoms with E-state index in [1.807, 2.05) is 6.07 Å². The molecule has 0 saturated heterocycles. The Balaban J connectivity index is 2.35. The van der Waals surface area contributed by atoms with Gasteiger partial charge in [-0.05, 0) is 34.1 Å². The molecule has 0 aliphatic carbocycles. The Bertz CT molecular complexity index is 609. The van der Waals surface area contributed by atoms with Crippen molar-refractivity contribution in [2.45, 2.75) is 0 Å². The number of aromatic nitrogens is 1. The molecule has 0 bridgehead atoms. The van der Waals surface area contributed by atoms with E-state index in [1.54, 1.807) is 18.2 Å². The van der Waals surface area contributed by atoms with Gasteiger partial charge in [-0.15, -0.1) is 0 Å². The molecule has 2 aromatic rings. The van der Waals surface area contributed by atoms with Crippen molar-refractivity contribution in [3.05, 3.63) is 38.4 Å². The molecule has 1 aromatic heterocycles. The number of halogens is 3. The summed E-state index contributed by atoms with van der Waals surface area (Å²) in [7, 11) is 0. The summed E-state index contributed by atoms with van der Waals surface area (Å²) in [6.07, 6.45) is 0. The van der Waals surface area contributed by atoms with E-state index in [0.29, 0.717) is 20.3 Å². The molecule has 0 aliphatic heterocycles. The number of benzene rings is 1. The predicted octanol–water partition coefficient (Wildman–Crippen LogP) is 4.88. The van der Waals surface area contributed by atoms with E-state index in [9.17, 15) is 0 Å². The van der Waals surface area contributed by atoms with E-state index in [0.717, 1.165) is 11.5 Å². The van der Waals surface area contributed by atoms with E-state index in [4.69, 9.17) is 33.2 Å². The quantitative estimate of drug-likeness (QED) is 0.776. The normalized spacial score (nSPS) is 10.0. The van der Waals surface area contributed by atoms with E-state index < -0.39 is 0 Å². The standard InChI is InChI=1S/C10H3BrCl2N2OS/c11-7-3-5(12)1-2-8(7)16-10-6(4-14)9(13)15-17-10/h1-3H. The second-order valence-electron chi connectivity index (χ2n) is 2.92. The molecule has 0 unspecified atom stereocenters. The zero-order chi connectivity index (χ0) is 12.4. The molecule has 0 aliphatic rings. The van der Waals surface area contributed by atoms with Crippen LogP contribution in [-0.2, 0) is 0 Å². The number of hydrogen-bond donors (Lipinski definition) is 0. The number of ether oxygens (including phenoxy) is 1. The minimum Gasteiger partial charge on any atom is -0.442 e. The summed E-state index contributed by atoms with van der Waals surface area (Å²) in [4.78, 5) is 0. The van der Waals surface area contributed by atoms with Gasteiger partial charge in [-0.2, -0.15) is 9.64 Å². The average molecular weight is 350 g/mol. The summed E-state index contributed by atoms with van der Waals surface area (Å²) in [5.74, 6) is 0.547. The van der Waals surface area contributed by atoms with Gasteiger partial charge in [0.15, 0.2) is 5.15 Å². The summed E-state index contributed by atoms with van der Waals surface area (Å²) in [6.45, 7) is 0. The third-order valence-corrected chi connectivity index (χ3v) is 3.78. The number of hydrogen-bond acceptors (Lipinski definition) is 4. The highest BCUT2D eigenvalue weighted by Gasteiger charge is 2.15. The zero-order valence-corrected chi connectivity index (χ0v) is 12.0. The van der Waals surface area contributed by atoms with Gasteiger partial charge in [0.25, 0.3) is 0 Å². The molecule has 17 heavy (non-hydrogen) atoms. The van der Waals surface area contributed by atoms with Gasteiger partial charge >= 0.3 is 0 Å². The molecule has 0 N–H and O–H groups in total. The second-order valence-corrected chi connectivity index (χ2v) is 5.31. The summed E-state index contributed by atoms with van der Waals surface area (Å²) in [5.41, 5.74) is 0.235. The van der Waals surface area contributed by atoms with Crippen LogP contribution in [0.1, 0.15) is 5.56 Å². The first-order chi connectivity index (χ1) is 8.11. The molecule has 1 aromatic carbocycles. The highest BCUT2D eigenvalue weighted by molar-refractivity contribution is 9.10. The molecule has 1 heterocycles. The predicted molar refractivity (Wildman–Crippen MR) is 71.1 cm³/mol. The Hall–Kier alpha value is -0.800. The van der Waals surface area contributed by atoms with Crippen LogP contribution in [0.5, 0.6) is 10.8 Å². The first-order valence-corrected chi connectivity index (χ1v) is 6.62. The lowest BCUT2D eigenvalue weighted by atomic mass is 10.3. The fourth-order valence-corrected chi connectivity index (χ4v) is 2.74. The summed E-state index contributed by atoms with van der Waals surface area (Å²) >= 11 is 15.9. The maximum Gasteiger partial charge on any atom is 0.219 e. The highest BCUT2D eigenvalue weighted by Crippen LogP contribution is 2.37. The molecular formula is C10H3BrCl2N2OS. The number of nitrogens with zero attached hydrogens (tertiary/aromatic N) is 2. The van der Waals surface area contributed by atoms with Crippen molar-refractivity contribution < 1.29 is 4.74 Å². The Morgan fingerprint density at radius 1 is 1.41 bits per heavy atom. The van der Waals surface area contributed by atoms with Gasteiger partial charge in [-0.3, -0.25) is 0 Å². The van der Waals surface area contributed by atoms with E-state index in [-0.39, 0.29) is 10.7 Å². The van der Waals surface area contributed by atoms with Crippen molar-refractivity contribution >= 4 is 50.7 Å². The third-order valence-electron chi connectivity index (χ3n) is 1.83. The van der Waals surface area contributed by atoms with Gasteiger partial charge in [0.05, 0.1) is 4.47 Å². The van der Waals surface area contributed by atoms with Gasteiger partial charge in [-0.1, -0.05) is 23.2 Å².